The minimum Gasteiger partial charge on any atom is -0.468 e. The maximum absolute atomic E-state index is 12.1. The van der Waals surface area contributed by atoms with E-state index in [4.69, 9.17) is 4.74 Å². The molecule has 0 radical (unpaired) electrons. The number of methoxy groups -OCH3 is 1. The van der Waals surface area contributed by atoms with E-state index in [1.807, 2.05) is 6.92 Å². The van der Waals surface area contributed by atoms with Gasteiger partial charge in [-0.05, 0) is 26.2 Å². The zero-order chi connectivity index (χ0) is 14.9. The third kappa shape index (κ3) is 3.24. The summed E-state index contributed by atoms with van der Waals surface area (Å²) in [6, 6.07) is 0.471. The van der Waals surface area contributed by atoms with Crippen LogP contribution in [-0.2, 0) is 22.6 Å². The zero-order valence-corrected chi connectivity index (χ0v) is 12.7. The van der Waals surface area contributed by atoms with E-state index in [1.54, 1.807) is 6.33 Å². The number of hydrogen-bond acceptors (Lipinski definition) is 6. The van der Waals surface area contributed by atoms with Gasteiger partial charge in [0.25, 0.3) is 0 Å². The van der Waals surface area contributed by atoms with Crippen LogP contribution in [0.1, 0.15) is 32.0 Å². The van der Waals surface area contributed by atoms with Crippen LogP contribution in [0.3, 0.4) is 0 Å². The Balaban J connectivity index is 1.58. The summed E-state index contributed by atoms with van der Waals surface area (Å²) < 4.78 is 7.06. The Bertz CT molecular complexity index is 513. The molecule has 3 rings (SSSR count). The third-order valence-electron chi connectivity index (χ3n) is 4.38. The molecule has 7 heteroatoms. The van der Waals surface area contributed by atoms with Crippen LogP contribution < -0.4 is 5.32 Å². The molecule has 0 spiro atoms. The van der Waals surface area contributed by atoms with Crippen molar-refractivity contribution in [1.82, 2.24) is 25.0 Å². The molecule has 1 fully saturated rings. The first-order valence-electron chi connectivity index (χ1n) is 7.56. The second-order valence-electron chi connectivity index (χ2n) is 6.21. The van der Waals surface area contributed by atoms with Gasteiger partial charge in [-0.25, -0.2) is 0 Å². The number of nitrogens with one attached hydrogen (secondary N) is 1. The molecule has 1 atom stereocenters. The first kappa shape index (κ1) is 14.5. The fourth-order valence-corrected chi connectivity index (χ4v) is 2.83. The molecular weight excluding hydrogens is 270 g/mol. The smallest absolute Gasteiger partial charge is 0.325 e. The third-order valence-corrected chi connectivity index (χ3v) is 4.38. The van der Waals surface area contributed by atoms with E-state index in [1.165, 1.54) is 7.11 Å². The predicted molar refractivity (Wildman–Crippen MR) is 76.5 cm³/mol. The molecule has 1 N–H and O–H groups in total. The second-order valence-corrected chi connectivity index (χ2v) is 6.21. The molecule has 1 saturated carbocycles. The van der Waals surface area contributed by atoms with Gasteiger partial charge in [-0.3, -0.25) is 15.0 Å². The van der Waals surface area contributed by atoms with Gasteiger partial charge in [0.15, 0.2) is 0 Å². The first-order valence-corrected chi connectivity index (χ1v) is 7.56. The molecule has 0 bridgehead atoms. The summed E-state index contributed by atoms with van der Waals surface area (Å²) in [6.07, 6.45) is 4.82. The van der Waals surface area contributed by atoms with Crippen LogP contribution in [0.2, 0.25) is 0 Å². The fraction of sp³-hybridized carbons (Fsp3) is 0.786. The lowest BCUT2D eigenvalue weighted by Crippen LogP contribution is -2.53. The molecule has 1 aromatic rings. The van der Waals surface area contributed by atoms with Crippen molar-refractivity contribution in [2.75, 3.05) is 20.2 Å². The summed E-state index contributed by atoms with van der Waals surface area (Å²) >= 11 is 0. The van der Waals surface area contributed by atoms with E-state index in [0.29, 0.717) is 6.04 Å². The molecule has 1 unspecified atom stereocenters. The number of nitrogens with zero attached hydrogens (tertiary/aromatic N) is 4. The van der Waals surface area contributed by atoms with Crippen LogP contribution in [0, 0.1) is 0 Å². The van der Waals surface area contributed by atoms with E-state index in [9.17, 15) is 4.79 Å². The quantitative estimate of drug-likeness (QED) is 0.754. The van der Waals surface area contributed by atoms with Gasteiger partial charge in [0.1, 0.15) is 17.7 Å². The van der Waals surface area contributed by atoms with Crippen molar-refractivity contribution < 1.29 is 9.53 Å². The molecule has 1 aromatic heterocycles. The van der Waals surface area contributed by atoms with Crippen molar-refractivity contribution in [2.45, 2.75) is 50.9 Å². The summed E-state index contributed by atoms with van der Waals surface area (Å²) in [6.45, 7) is 5.46. The van der Waals surface area contributed by atoms with Gasteiger partial charge in [-0.2, -0.15) is 0 Å². The SMILES string of the molecule is COC(=O)C(C)(CCN1CCn2cnnc2C1)NC1CC1. The maximum Gasteiger partial charge on any atom is 0.325 e. The van der Waals surface area contributed by atoms with Crippen LogP contribution in [0.5, 0.6) is 0 Å². The zero-order valence-electron chi connectivity index (χ0n) is 12.7. The van der Waals surface area contributed by atoms with Crippen LogP contribution >= 0.6 is 0 Å². The summed E-state index contributed by atoms with van der Waals surface area (Å²) in [5.74, 6) is 0.825. The number of ether oxygens (including phenoxy) is 1. The lowest BCUT2D eigenvalue weighted by Gasteiger charge is -2.32. The standard InChI is InChI=1S/C14H23N5O2/c1-14(13(20)21-2,16-11-3-4-11)5-6-18-7-8-19-10-15-17-12(19)9-18/h10-11,16H,3-9H2,1-2H3. The molecular formula is C14H23N5O2. The average Bonchev–Trinajstić information content (AvgIpc) is 3.17. The number of hydrogen-bond donors (Lipinski definition) is 1. The van der Waals surface area contributed by atoms with Gasteiger partial charge in [-0.15, -0.1) is 10.2 Å². The Labute approximate surface area is 124 Å². The van der Waals surface area contributed by atoms with Gasteiger partial charge in [0.2, 0.25) is 0 Å². The molecule has 7 nitrogen and oxygen atoms in total. The normalized spacial score (nSPS) is 21.6. The monoisotopic (exact) mass is 293 g/mol. The Morgan fingerprint density at radius 1 is 1.52 bits per heavy atom. The summed E-state index contributed by atoms with van der Waals surface area (Å²) in [4.78, 5) is 14.4. The van der Waals surface area contributed by atoms with Gasteiger partial charge in [0.05, 0.1) is 13.7 Å². The highest BCUT2D eigenvalue weighted by Crippen LogP contribution is 2.25. The van der Waals surface area contributed by atoms with Crippen LogP contribution in [0.4, 0.5) is 0 Å². The topological polar surface area (TPSA) is 72.3 Å². The van der Waals surface area contributed by atoms with Crippen molar-refractivity contribution in [2.24, 2.45) is 0 Å². The van der Waals surface area contributed by atoms with Gasteiger partial charge in [-0.1, -0.05) is 0 Å². The second kappa shape index (κ2) is 5.73. The Morgan fingerprint density at radius 2 is 2.33 bits per heavy atom. The van der Waals surface area contributed by atoms with Crippen LogP contribution in [0.25, 0.3) is 0 Å². The van der Waals surface area contributed by atoms with Crippen molar-refractivity contribution in [1.29, 1.82) is 0 Å². The molecule has 0 aromatic carbocycles. The fourth-order valence-electron chi connectivity index (χ4n) is 2.83. The lowest BCUT2D eigenvalue weighted by molar-refractivity contribution is -0.148. The Kier molecular flexibility index (Phi) is 3.95. The highest BCUT2D eigenvalue weighted by molar-refractivity contribution is 5.80. The summed E-state index contributed by atoms with van der Waals surface area (Å²) in [5.41, 5.74) is -0.596. The number of esters is 1. The van der Waals surface area contributed by atoms with Crippen molar-refractivity contribution >= 4 is 5.97 Å². The first-order chi connectivity index (χ1) is 10.1. The molecule has 1 aliphatic carbocycles. The van der Waals surface area contributed by atoms with Crippen molar-refractivity contribution in [3.8, 4) is 0 Å². The summed E-state index contributed by atoms with van der Waals surface area (Å²) in [7, 11) is 1.46. The van der Waals surface area contributed by atoms with E-state index >= 15 is 0 Å². The molecule has 0 saturated heterocycles. The molecule has 116 valence electrons. The average molecular weight is 293 g/mol. The maximum atomic E-state index is 12.1. The van der Waals surface area contributed by atoms with E-state index in [2.05, 4.69) is 25.0 Å². The van der Waals surface area contributed by atoms with E-state index in [-0.39, 0.29) is 5.97 Å². The predicted octanol–water partition coefficient (Wildman–Crippen LogP) is 0.168. The number of carbonyl (C=O) groups excluding carboxylic acids is 1. The molecule has 0 amide bonds. The van der Waals surface area contributed by atoms with Gasteiger partial charge in [0, 0.05) is 25.7 Å². The van der Waals surface area contributed by atoms with E-state index < -0.39 is 5.54 Å². The number of carbonyl (C=O) groups is 1. The van der Waals surface area contributed by atoms with Crippen LogP contribution in [0.15, 0.2) is 6.33 Å². The molecule has 2 aliphatic rings. The number of aromatic nitrogens is 3. The number of fused-ring (bicyclic) bond motifs is 1. The van der Waals surface area contributed by atoms with Gasteiger partial charge >= 0.3 is 5.97 Å². The molecule has 21 heavy (non-hydrogen) atoms. The van der Waals surface area contributed by atoms with Crippen molar-refractivity contribution in [3.63, 3.8) is 0 Å². The summed E-state index contributed by atoms with van der Waals surface area (Å²) in [5, 5.41) is 11.5. The highest BCUT2D eigenvalue weighted by atomic mass is 16.5. The number of rotatable bonds is 6. The minimum absolute atomic E-state index is 0.172. The Morgan fingerprint density at radius 3 is 3.05 bits per heavy atom. The van der Waals surface area contributed by atoms with Crippen LogP contribution in [-0.4, -0.2) is 57.4 Å². The highest BCUT2D eigenvalue weighted by Gasteiger charge is 2.39. The largest absolute Gasteiger partial charge is 0.468 e. The Hall–Kier alpha value is -1.47. The van der Waals surface area contributed by atoms with Gasteiger partial charge < -0.3 is 9.30 Å². The van der Waals surface area contributed by atoms with E-state index in [0.717, 1.165) is 51.3 Å². The van der Waals surface area contributed by atoms with Crippen molar-refractivity contribution in [3.05, 3.63) is 12.2 Å². The lowest BCUT2D eigenvalue weighted by atomic mass is 9.97. The minimum atomic E-state index is -0.596. The molecule has 1 aliphatic heterocycles. The molecule has 2 heterocycles.